The number of nitrogens with one attached hydrogen (secondary N) is 2. The van der Waals surface area contributed by atoms with Gasteiger partial charge in [-0.15, -0.1) is 0 Å². The average molecular weight is 323 g/mol. The quantitative estimate of drug-likeness (QED) is 0.317. The normalized spacial score (nSPS) is 10.3. The van der Waals surface area contributed by atoms with Gasteiger partial charge in [0.2, 0.25) is 0 Å². The maximum atomic E-state index is 11.8. The number of nitro benzene ring substituents is 1. The van der Waals surface area contributed by atoms with Crippen LogP contribution in [0.5, 0.6) is 11.5 Å². The molecule has 10 nitrogen and oxygen atoms in total. The molecule has 10 heteroatoms. The Labute approximate surface area is 131 Å². The molecule has 1 aromatic carbocycles. The van der Waals surface area contributed by atoms with Crippen molar-refractivity contribution in [3.8, 4) is 11.5 Å². The van der Waals surface area contributed by atoms with Crippen molar-refractivity contribution in [3.05, 3.63) is 27.8 Å². The number of nitrogens with zero attached hydrogens (tertiary/aromatic N) is 2. The zero-order valence-corrected chi connectivity index (χ0v) is 12.5. The molecule has 0 spiro atoms. The van der Waals surface area contributed by atoms with Gasteiger partial charge in [-0.05, 0) is 19.9 Å². The van der Waals surface area contributed by atoms with Gasteiger partial charge < -0.3 is 15.2 Å². The van der Waals surface area contributed by atoms with Crippen LogP contribution in [0.25, 0.3) is 0 Å². The van der Waals surface area contributed by atoms with E-state index in [2.05, 4.69) is 10.4 Å². The highest BCUT2D eigenvalue weighted by molar-refractivity contribution is 6.35. The number of hydrogen-bond acceptors (Lipinski definition) is 7. The van der Waals surface area contributed by atoms with Crippen LogP contribution in [-0.2, 0) is 9.59 Å². The fourth-order valence-corrected chi connectivity index (χ4v) is 1.54. The van der Waals surface area contributed by atoms with Crippen LogP contribution in [0.15, 0.2) is 17.2 Å². The number of likely N-dealkylation sites (N-methyl/N-ethyl adjacent to an activating group) is 1. The summed E-state index contributed by atoms with van der Waals surface area (Å²) in [7, 11) is 0. The van der Waals surface area contributed by atoms with Gasteiger partial charge in [0, 0.05) is 23.9 Å². The van der Waals surface area contributed by atoms with Crippen LogP contribution < -0.4 is 20.6 Å². The Bertz CT molecular complexity index is 644. The monoisotopic (exact) mass is 323 g/mol. The molecule has 0 aliphatic rings. The van der Waals surface area contributed by atoms with Crippen molar-refractivity contribution in [1.82, 2.24) is 10.7 Å². The molecule has 2 N–H and O–H groups in total. The predicted octanol–water partition coefficient (Wildman–Crippen LogP) is -0.347. The second-order valence-electron chi connectivity index (χ2n) is 4.12. The molecule has 1 aromatic rings. The van der Waals surface area contributed by atoms with E-state index >= 15 is 0 Å². The molecule has 0 heterocycles. The van der Waals surface area contributed by atoms with Crippen molar-refractivity contribution < 1.29 is 24.4 Å². The summed E-state index contributed by atoms with van der Waals surface area (Å²) in [6, 6.07) is 2.24. The van der Waals surface area contributed by atoms with Gasteiger partial charge in [-0.3, -0.25) is 19.7 Å². The highest BCUT2D eigenvalue weighted by atomic mass is 16.6. The Morgan fingerprint density at radius 3 is 2.61 bits per heavy atom. The third-order valence-corrected chi connectivity index (χ3v) is 2.48. The number of nitro groups is 1. The molecular formula is C13H15N4O6-. The Morgan fingerprint density at radius 1 is 1.35 bits per heavy atom. The minimum absolute atomic E-state index is 0.154. The van der Waals surface area contributed by atoms with Gasteiger partial charge in [0.1, 0.15) is 5.75 Å². The summed E-state index contributed by atoms with van der Waals surface area (Å²) in [6.07, 6.45) is 1.06. The minimum Gasteiger partial charge on any atom is -0.865 e. The molecule has 1 rings (SSSR count). The summed E-state index contributed by atoms with van der Waals surface area (Å²) in [5.74, 6) is -2.89. The van der Waals surface area contributed by atoms with E-state index in [0.29, 0.717) is 0 Å². The number of benzene rings is 1. The largest absolute Gasteiger partial charge is 0.865 e. The van der Waals surface area contributed by atoms with Gasteiger partial charge in [-0.1, -0.05) is 0 Å². The van der Waals surface area contributed by atoms with E-state index in [9.17, 15) is 24.8 Å². The fourth-order valence-electron chi connectivity index (χ4n) is 1.54. The van der Waals surface area contributed by atoms with Crippen molar-refractivity contribution in [2.45, 2.75) is 13.8 Å². The molecule has 0 atom stereocenters. The second-order valence-corrected chi connectivity index (χ2v) is 4.12. The molecule has 0 unspecified atom stereocenters. The van der Waals surface area contributed by atoms with Crippen LogP contribution in [0.1, 0.15) is 19.4 Å². The number of hydrazone groups is 1. The summed E-state index contributed by atoms with van der Waals surface area (Å²) in [5.41, 5.74) is 1.45. The number of carbonyl (C=O) groups is 2. The Kier molecular flexibility index (Phi) is 6.46. The summed E-state index contributed by atoms with van der Waals surface area (Å²) < 4.78 is 5.04. The zero-order valence-electron chi connectivity index (χ0n) is 12.5. The number of rotatable bonds is 6. The minimum atomic E-state index is -0.983. The van der Waals surface area contributed by atoms with Crippen LogP contribution >= 0.6 is 0 Å². The molecule has 0 aromatic heterocycles. The predicted molar refractivity (Wildman–Crippen MR) is 78.1 cm³/mol. The highest BCUT2D eigenvalue weighted by Crippen LogP contribution is 2.34. The van der Waals surface area contributed by atoms with Gasteiger partial charge in [-0.25, -0.2) is 5.43 Å². The number of hydrogen-bond donors (Lipinski definition) is 2. The molecular weight excluding hydrogens is 308 g/mol. The summed E-state index contributed by atoms with van der Waals surface area (Å²) in [6.45, 7) is 3.71. The topological polar surface area (TPSA) is 146 Å². The zero-order chi connectivity index (χ0) is 17.4. The first-order chi connectivity index (χ1) is 10.9. The third kappa shape index (κ3) is 4.95. The van der Waals surface area contributed by atoms with Crippen LogP contribution in [0, 0.1) is 10.1 Å². The lowest BCUT2D eigenvalue weighted by Crippen LogP contribution is -2.37. The average Bonchev–Trinajstić information content (AvgIpc) is 2.50. The molecule has 0 bridgehead atoms. The van der Waals surface area contributed by atoms with Gasteiger partial charge in [0.05, 0.1) is 17.7 Å². The van der Waals surface area contributed by atoms with Gasteiger partial charge in [0.15, 0.2) is 0 Å². The number of ether oxygens (including phenoxy) is 1. The molecule has 0 fully saturated rings. The van der Waals surface area contributed by atoms with Crippen molar-refractivity contribution in [2.24, 2.45) is 5.10 Å². The van der Waals surface area contributed by atoms with Crippen molar-refractivity contribution in [1.29, 1.82) is 0 Å². The highest BCUT2D eigenvalue weighted by Gasteiger charge is 2.14. The molecule has 0 saturated carbocycles. The summed E-state index contributed by atoms with van der Waals surface area (Å²) >= 11 is 0. The molecule has 2 amide bonds. The van der Waals surface area contributed by atoms with Crippen LogP contribution in [-0.4, -0.2) is 36.1 Å². The lowest BCUT2D eigenvalue weighted by molar-refractivity contribution is -0.398. The van der Waals surface area contributed by atoms with E-state index < -0.39 is 28.2 Å². The lowest BCUT2D eigenvalue weighted by Gasteiger charge is -2.14. The molecule has 0 saturated heterocycles. The van der Waals surface area contributed by atoms with Crippen LogP contribution in [0.3, 0.4) is 0 Å². The molecule has 0 aliphatic heterocycles. The second kappa shape index (κ2) is 8.32. The van der Waals surface area contributed by atoms with Gasteiger partial charge in [-0.2, -0.15) is 5.10 Å². The Balaban J connectivity index is 2.95. The lowest BCUT2D eigenvalue weighted by atomic mass is 10.2. The first-order valence-electron chi connectivity index (χ1n) is 6.64. The maximum Gasteiger partial charge on any atom is 0.329 e. The van der Waals surface area contributed by atoms with E-state index in [0.717, 1.165) is 12.3 Å². The molecule has 0 aliphatic carbocycles. The van der Waals surface area contributed by atoms with Crippen molar-refractivity contribution in [2.75, 3.05) is 13.2 Å². The van der Waals surface area contributed by atoms with E-state index in [1.807, 2.05) is 5.43 Å². The van der Waals surface area contributed by atoms with Crippen LogP contribution in [0.2, 0.25) is 0 Å². The number of amides is 2. The molecule has 23 heavy (non-hydrogen) atoms. The Hall–Kier alpha value is -3.17. The SMILES string of the molecule is CCNC(=O)C(=O)N/N=C\c1cc(OCC)c([O-])c([N+](=O)[O-])c1. The first kappa shape index (κ1) is 17.9. The third-order valence-electron chi connectivity index (χ3n) is 2.48. The van der Waals surface area contributed by atoms with Gasteiger partial charge >= 0.3 is 11.8 Å². The Morgan fingerprint density at radius 2 is 2.04 bits per heavy atom. The molecule has 124 valence electrons. The fraction of sp³-hybridized carbons (Fsp3) is 0.308. The summed E-state index contributed by atoms with van der Waals surface area (Å²) in [5, 5.41) is 28.4. The maximum absolute atomic E-state index is 11.8. The van der Waals surface area contributed by atoms with Crippen molar-refractivity contribution >= 4 is 23.7 Å². The molecule has 0 radical (unpaired) electrons. The smallest absolute Gasteiger partial charge is 0.329 e. The van der Waals surface area contributed by atoms with E-state index in [1.165, 1.54) is 6.07 Å². The van der Waals surface area contributed by atoms with E-state index in [1.54, 1.807) is 13.8 Å². The summed E-state index contributed by atoms with van der Waals surface area (Å²) in [4.78, 5) is 32.5. The standard InChI is InChI=1S/C13H16N4O6/c1-3-14-12(19)13(20)16-15-7-8-5-9(17(21)22)11(18)10(6-8)23-4-2/h5-7,18H,3-4H2,1-2H3,(H,14,19)(H,16,20)/p-1/b15-7-. The van der Waals surface area contributed by atoms with E-state index in [4.69, 9.17) is 4.74 Å². The number of carbonyl (C=O) groups excluding carboxylic acids is 2. The van der Waals surface area contributed by atoms with Gasteiger partial charge in [0.25, 0.3) is 5.69 Å². The van der Waals surface area contributed by atoms with E-state index in [-0.39, 0.29) is 24.5 Å². The van der Waals surface area contributed by atoms with Crippen molar-refractivity contribution in [3.63, 3.8) is 0 Å². The van der Waals surface area contributed by atoms with Crippen LogP contribution in [0.4, 0.5) is 5.69 Å². The first-order valence-corrected chi connectivity index (χ1v) is 6.64.